The Morgan fingerprint density at radius 2 is 1.70 bits per heavy atom. The van der Waals surface area contributed by atoms with E-state index in [4.69, 9.17) is 0 Å². The molecule has 1 aliphatic carbocycles. The van der Waals surface area contributed by atoms with E-state index in [1.54, 1.807) is 0 Å². The van der Waals surface area contributed by atoms with Gasteiger partial charge in [-0.1, -0.05) is 17.7 Å². The van der Waals surface area contributed by atoms with E-state index in [0.717, 1.165) is 12.1 Å². The van der Waals surface area contributed by atoms with E-state index < -0.39 is 11.6 Å². The van der Waals surface area contributed by atoms with Crippen LogP contribution in [-0.4, -0.2) is 52.6 Å². The minimum absolute atomic E-state index is 0.0723. The Hall–Kier alpha value is -2.08. The van der Waals surface area contributed by atoms with Crippen molar-refractivity contribution in [2.45, 2.75) is 58.2 Å². The van der Waals surface area contributed by atoms with Crippen LogP contribution >= 0.6 is 0 Å². The molecule has 4 atom stereocenters. The number of nitrogens with one attached hydrogen (secondary N) is 2. The summed E-state index contributed by atoms with van der Waals surface area (Å²) in [7, 11) is 0. The normalized spacial score (nSPS) is 27.8. The fourth-order valence-corrected chi connectivity index (χ4v) is 4.46. The summed E-state index contributed by atoms with van der Waals surface area (Å²) in [4.78, 5) is 26.4. The Balaban J connectivity index is 1.64. The van der Waals surface area contributed by atoms with Crippen LogP contribution in [0.2, 0.25) is 0 Å². The Bertz CT molecular complexity index is 701. The average molecular weight is 373 g/mol. The second-order valence-corrected chi connectivity index (χ2v) is 8.69. The number of hydrogen-bond acceptors (Lipinski definition) is 4. The van der Waals surface area contributed by atoms with Crippen LogP contribution in [0.15, 0.2) is 24.3 Å². The first kappa shape index (κ1) is 19.7. The lowest BCUT2D eigenvalue weighted by atomic mass is 9.77. The first-order valence-electron chi connectivity index (χ1n) is 9.75. The van der Waals surface area contributed by atoms with Gasteiger partial charge in [-0.05, 0) is 57.6 Å². The molecule has 1 saturated carbocycles. The monoisotopic (exact) mass is 373 g/mol. The molecule has 1 aromatic rings. The summed E-state index contributed by atoms with van der Waals surface area (Å²) in [5.41, 5.74) is 1.40. The maximum Gasteiger partial charge on any atom is 0.247 e. The quantitative estimate of drug-likeness (QED) is 0.753. The molecule has 6 nitrogen and oxygen atoms in total. The predicted octanol–water partition coefficient (Wildman–Crippen LogP) is 1.92. The molecule has 1 heterocycles. The van der Waals surface area contributed by atoms with Gasteiger partial charge in [0.15, 0.2) is 0 Å². The SMILES string of the molecule is CC(=O)N[C@@H]1C[C@@H]2CN(C(=O)C(C)(C)Nc3ccc(C)cc3)C[C@@H]2C[C@H]1O. The van der Waals surface area contributed by atoms with Crippen LogP contribution in [0.1, 0.15) is 39.2 Å². The van der Waals surface area contributed by atoms with Crippen molar-refractivity contribution in [2.24, 2.45) is 11.8 Å². The summed E-state index contributed by atoms with van der Waals surface area (Å²) in [6, 6.07) is 7.82. The molecule has 148 valence electrons. The van der Waals surface area contributed by atoms with Crippen molar-refractivity contribution in [2.75, 3.05) is 18.4 Å². The van der Waals surface area contributed by atoms with Crippen molar-refractivity contribution in [3.63, 3.8) is 0 Å². The first-order valence-corrected chi connectivity index (χ1v) is 9.75. The third-order valence-corrected chi connectivity index (χ3v) is 5.86. The van der Waals surface area contributed by atoms with Crippen molar-refractivity contribution >= 4 is 17.5 Å². The minimum Gasteiger partial charge on any atom is -0.391 e. The molecule has 1 aliphatic heterocycles. The van der Waals surface area contributed by atoms with E-state index in [1.165, 1.54) is 12.5 Å². The highest BCUT2D eigenvalue weighted by Crippen LogP contribution is 2.37. The van der Waals surface area contributed by atoms with Gasteiger partial charge in [0, 0.05) is 25.7 Å². The van der Waals surface area contributed by atoms with E-state index in [1.807, 2.05) is 49.9 Å². The van der Waals surface area contributed by atoms with E-state index in [2.05, 4.69) is 10.6 Å². The minimum atomic E-state index is -0.710. The molecule has 2 amide bonds. The molecule has 0 unspecified atom stereocenters. The molecule has 0 radical (unpaired) electrons. The zero-order valence-electron chi connectivity index (χ0n) is 16.7. The van der Waals surface area contributed by atoms with Crippen molar-refractivity contribution < 1.29 is 14.7 Å². The molecule has 1 saturated heterocycles. The van der Waals surface area contributed by atoms with Crippen LogP contribution in [0, 0.1) is 18.8 Å². The average Bonchev–Trinajstić information content (AvgIpc) is 2.98. The van der Waals surface area contributed by atoms with Gasteiger partial charge >= 0.3 is 0 Å². The van der Waals surface area contributed by atoms with Gasteiger partial charge in [-0.25, -0.2) is 0 Å². The van der Waals surface area contributed by atoms with Gasteiger partial charge in [0.1, 0.15) is 5.54 Å². The number of benzene rings is 1. The lowest BCUT2D eigenvalue weighted by Gasteiger charge is -2.35. The van der Waals surface area contributed by atoms with Gasteiger partial charge in [-0.15, -0.1) is 0 Å². The highest BCUT2D eigenvalue weighted by Gasteiger charge is 2.45. The van der Waals surface area contributed by atoms with Crippen LogP contribution in [0.4, 0.5) is 5.69 Å². The number of nitrogens with zero attached hydrogens (tertiary/aromatic N) is 1. The maximum atomic E-state index is 13.2. The van der Waals surface area contributed by atoms with Crippen LogP contribution in [0.5, 0.6) is 0 Å². The first-order chi connectivity index (χ1) is 12.7. The number of aliphatic hydroxyl groups is 1. The van der Waals surface area contributed by atoms with Gasteiger partial charge in [-0.2, -0.15) is 0 Å². The molecule has 3 rings (SSSR count). The van der Waals surface area contributed by atoms with E-state index >= 15 is 0 Å². The number of carbonyl (C=O) groups is 2. The summed E-state index contributed by atoms with van der Waals surface area (Å²) < 4.78 is 0. The van der Waals surface area contributed by atoms with Crippen LogP contribution in [-0.2, 0) is 9.59 Å². The second-order valence-electron chi connectivity index (χ2n) is 8.69. The number of aryl methyl sites for hydroxylation is 1. The molecule has 2 aliphatic rings. The summed E-state index contributed by atoms with van der Waals surface area (Å²) >= 11 is 0. The van der Waals surface area contributed by atoms with E-state index in [-0.39, 0.29) is 17.9 Å². The van der Waals surface area contributed by atoms with Gasteiger partial charge < -0.3 is 20.6 Å². The molecule has 0 aromatic heterocycles. The zero-order valence-corrected chi connectivity index (χ0v) is 16.7. The molecule has 2 fully saturated rings. The van der Waals surface area contributed by atoms with Crippen molar-refractivity contribution in [3.8, 4) is 0 Å². The molecule has 0 spiro atoms. The largest absolute Gasteiger partial charge is 0.391 e. The number of hydrogen-bond donors (Lipinski definition) is 3. The molecular weight excluding hydrogens is 342 g/mol. The molecule has 27 heavy (non-hydrogen) atoms. The fourth-order valence-electron chi connectivity index (χ4n) is 4.46. The number of aliphatic hydroxyl groups excluding tert-OH is 1. The maximum absolute atomic E-state index is 13.2. The highest BCUT2D eigenvalue weighted by molar-refractivity contribution is 5.88. The lowest BCUT2D eigenvalue weighted by molar-refractivity contribution is -0.134. The standard InChI is InChI=1S/C21H31N3O3/c1-13-5-7-17(8-6-13)23-21(3,4)20(27)24-11-15-9-18(22-14(2)25)19(26)10-16(15)12-24/h5-8,15-16,18-19,23,26H,9-12H2,1-4H3,(H,22,25)/t15-,16+,18-,19-/m1/s1. The Morgan fingerprint density at radius 3 is 2.30 bits per heavy atom. The van der Waals surface area contributed by atoms with Crippen molar-refractivity contribution in [3.05, 3.63) is 29.8 Å². The molecule has 3 N–H and O–H groups in total. The topological polar surface area (TPSA) is 81.7 Å². The zero-order chi connectivity index (χ0) is 19.8. The fraction of sp³-hybridized carbons (Fsp3) is 0.619. The molecule has 1 aromatic carbocycles. The van der Waals surface area contributed by atoms with Crippen LogP contribution in [0.3, 0.4) is 0 Å². The Morgan fingerprint density at radius 1 is 1.11 bits per heavy atom. The number of likely N-dealkylation sites (tertiary alicyclic amines) is 1. The van der Waals surface area contributed by atoms with Crippen molar-refractivity contribution in [1.82, 2.24) is 10.2 Å². The van der Waals surface area contributed by atoms with Gasteiger partial charge in [0.2, 0.25) is 11.8 Å². The number of carbonyl (C=O) groups excluding carboxylic acids is 2. The van der Waals surface area contributed by atoms with Gasteiger partial charge in [-0.3, -0.25) is 9.59 Å². The summed E-state index contributed by atoms with van der Waals surface area (Å²) in [6.45, 7) is 8.69. The molecule has 6 heteroatoms. The number of amides is 2. The van der Waals surface area contributed by atoms with E-state index in [9.17, 15) is 14.7 Å². The van der Waals surface area contributed by atoms with Gasteiger partial charge in [0.05, 0.1) is 12.1 Å². The van der Waals surface area contributed by atoms with Crippen LogP contribution in [0.25, 0.3) is 0 Å². The molecular formula is C21H31N3O3. The highest BCUT2D eigenvalue weighted by atomic mass is 16.3. The lowest BCUT2D eigenvalue weighted by Crippen LogP contribution is -2.49. The summed E-state index contributed by atoms with van der Waals surface area (Å²) in [5.74, 6) is 0.573. The number of rotatable bonds is 4. The van der Waals surface area contributed by atoms with Crippen LogP contribution < -0.4 is 10.6 Å². The molecule has 0 bridgehead atoms. The smallest absolute Gasteiger partial charge is 0.247 e. The van der Waals surface area contributed by atoms with E-state index in [0.29, 0.717) is 31.3 Å². The third-order valence-electron chi connectivity index (χ3n) is 5.86. The predicted molar refractivity (Wildman–Crippen MR) is 105 cm³/mol. The van der Waals surface area contributed by atoms with Gasteiger partial charge in [0.25, 0.3) is 0 Å². The Labute approximate surface area is 161 Å². The number of anilines is 1. The number of fused-ring (bicyclic) bond motifs is 1. The second kappa shape index (κ2) is 7.50. The Kier molecular flexibility index (Phi) is 5.47. The summed E-state index contributed by atoms with van der Waals surface area (Å²) in [6.07, 6.45) is 0.815. The van der Waals surface area contributed by atoms with Crippen molar-refractivity contribution in [1.29, 1.82) is 0 Å². The summed E-state index contributed by atoms with van der Waals surface area (Å²) in [5, 5.41) is 16.5. The third kappa shape index (κ3) is 4.43.